The number of ether oxygens (including phenoxy) is 5. The van der Waals surface area contributed by atoms with Crippen molar-refractivity contribution in [3.63, 3.8) is 0 Å². The topological polar surface area (TPSA) is 178 Å². The lowest BCUT2D eigenvalue weighted by Crippen LogP contribution is -2.49. The highest BCUT2D eigenvalue weighted by Crippen LogP contribution is 2.42. The van der Waals surface area contributed by atoms with Gasteiger partial charge in [-0.05, 0) is 74.6 Å². The number of piperazine rings is 2. The molecule has 2 aromatic heterocycles. The lowest BCUT2D eigenvalue weighted by Gasteiger charge is -2.38. The van der Waals surface area contributed by atoms with Gasteiger partial charge in [0.15, 0.2) is 0 Å². The molecule has 4 aromatic carbocycles. The number of hydrogen-bond acceptors (Lipinski definition) is 18. The molecule has 12 rings (SSSR count). The van der Waals surface area contributed by atoms with E-state index in [0.717, 1.165) is 172 Å². The fourth-order valence-corrected chi connectivity index (χ4v) is 12.8. The Morgan fingerprint density at radius 2 is 1.00 bits per heavy atom. The van der Waals surface area contributed by atoms with Crippen LogP contribution in [0.2, 0.25) is 0 Å². The third-order valence-corrected chi connectivity index (χ3v) is 17.4. The van der Waals surface area contributed by atoms with Crippen LogP contribution < -0.4 is 33.8 Å². The molecule has 20 nitrogen and oxygen atoms in total. The number of carbonyl (C=O) groups is 2. The Hall–Kier alpha value is -7.78. The highest BCUT2D eigenvalue weighted by Gasteiger charge is 2.32. The van der Waals surface area contributed by atoms with E-state index in [-0.39, 0.29) is 11.8 Å². The Kier molecular flexibility index (Phi) is 19.1. The molecule has 450 valence electrons. The molecule has 0 atom stereocenters. The fraction of sp³-hybridized carbons (Fsp3) is 0.477. The lowest BCUT2D eigenvalue weighted by molar-refractivity contribution is -0.127. The molecule has 6 aliphatic rings. The molecule has 0 unspecified atom stereocenters. The van der Waals surface area contributed by atoms with Crippen LogP contribution in [0.4, 0.5) is 23.0 Å². The first kappa shape index (κ1) is 59.0. The van der Waals surface area contributed by atoms with Gasteiger partial charge >= 0.3 is 12.0 Å². The second-order valence-electron chi connectivity index (χ2n) is 22.6. The number of phenolic OH excluding ortho intramolecular Hbond substituents is 1. The molecular formula is C65H82N12O8. The van der Waals surface area contributed by atoms with Crippen LogP contribution in [0.25, 0.3) is 21.5 Å². The molecule has 6 aliphatic heterocycles. The Balaban J connectivity index is 0.000000177. The van der Waals surface area contributed by atoms with Crippen LogP contribution in [0.5, 0.6) is 23.5 Å². The first-order chi connectivity index (χ1) is 41.6. The smallest absolute Gasteiger partial charge is 0.318 e. The molecular weight excluding hydrogens is 1080 g/mol. The summed E-state index contributed by atoms with van der Waals surface area (Å²) < 4.78 is 29.1. The number of methoxy groups -OCH3 is 1. The zero-order chi connectivity index (χ0) is 58.8. The number of benzene rings is 4. The average Bonchev–Trinajstić information content (AvgIpc) is 2.31. The van der Waals surface area contributed by atoms with Gasteiger partial charge in [0.1, 0.15) is 23.1 Å². The van der Waals surface area contributed by atoms with Crippen LogP contribution >= 0.6 is 0 Å². The second-order valence-corrected chi connectivity index (χ2v) is 22.6. The van der Waals surface area contributed by atoms with E-state index in [0.29, 0.717) is 96.4 Å². The first-order valence-electron chi connectivity index (χ1n) is 30.3. The minimum atomic E-state index is -0.0343. The number of fused-ring (bicyclic) bond motifs is 4. The van der Waals surface area contributed by atoms with Crippen molar-refractivity contribution in [2.75, 3.05) is 171 Å². The van der Waals surface area contributed by atoms with Gasteiger partial charge in [0, 0.05) is 138 Å². The molecule has 0 radical (unpaired) electrons. The van der Waals surface area contributed by atoms with Gasteiger partial charge < -0.3 is 58.2 Å². The molecule has 85 heavy (non-hydrogen) atoms. The highest BCUT2D eigenvalue weighted by molar-refractivity contribution is 5.99. The number of anilines is 4. The molecule has 0 spiro atoms. The monoisotopic (exact) mass is 1160 g/mol. The maximum Gasteiger partial charge on any atom is 0.318 e. The van der Waals surface area contributed by atoms with Crippen molar-refractivity contribution in [3.8, 4) is 23.5 Å². The summed E-state index contributed by atoms with van der Waals surface area (Å²) in [7, 11) is 1.73. The number of phenols is 1. The van der Waals surface area contributed by atoms with Crippen molar-refractivity contribution in [1.29, 1.82) is 0 Å². The minimum absolute atomic E-state index is 0.0230. The summed E-state index contributed by atoms with van der Waals surface area (Å²) in [4.78, 5) is 62.0. The van der Waals surface area contributed by atoms with Crippen molar-refractivity contribution in [1.82, 2.24) is 39.5 Å². The quantitative estimate of drug-likeness (QED) is 0.0764. The molecule has 4 fully saturated rings. The summed E-state index contributed by atoms with van der Waals surface area (Å²) in [5.74, 6) is 2.98. The van der Waals surface area contributed by atoms with Crippen LogP contribution in [-0.2, 0) is 45.0 Å². The lowest BCUT2D eigenvalue weighted by atomic mass is 9.98. The van der Waals surface area contributed by atoms with Gasteiger partial charge in [0.05, 0.1) is 82.6 Å². The van der Waals surface area contributed by atoms with Crippen molar-refractivity contribution >= 4 is 56.4 Å². The third-order valence-electron chi connectivity index (χ3n) is 17.4. The summed E-state index contributed by atoms with van der Waals surface area (Å²) in [6.07, 6.45) is 6.16. The van der Waals surface area contributed by atoms with Crippen LogP contribution in [0, 0.1) is 13.8 Å². The summed E-state index contributed by atoms with van der Waals surface area (Å²) in [5, 5.41) is 15.3. The van der Waals surface area contributed by atoms with Gasteiger partial charge in [0.2, 0.25) is 11.8 Å². The molecule has 0 bridgehead atoms. The number of rotatable bonds is 17. The largest absolute Gasteiger partial charge is 0.508 e. The Morgan fingerprint density at radius 1 is 0.565 bits per heavy atom. The van der Waals surface area contributed by atoms with E-state index in [2.05, 4.69) is 85.9 Å². The normalized spacial score (nSPS) is 17.7. The maximum atomic E-state index is 12.2. The van der Waals surface area contributed by atoms with Gasteiger partial charge in [-0.2, -0.15) is 19.9 Å². The van der Waals surface area contributed by atoms with Gasteiger partial charge in [-0.3, -0.25) is 19.4 Å². The number of amides is 2. The summed E-state index contributed by atoms with van der Waals surface area (Å²) in [6.45, 7) is 29.6. The molecule has 2 amide bonds. The first-order valence-corrected chi connectivity index (χ1v) is 30.3. The summed E-state index contributed by atoms with van der Waals surface area (Å²) >= 11 is 0. The highest BCUT2D eigenvalue weighted by atomic mass is 16.5. The predicted octanol–water partition coefficient (Wildman–Crippen LogP) is 6.59. The Morgan fingerprint density at radius 3 is 1.45 bits per heavy atom. The second kappa shape index (κ2) is 27.5. The van der Waals surface area contributed by atoms with E-state index >= 15 is 0 Å². The molecule has 4 saturated heterocycles. The van der Waals surface area contributed by atoms with Crippen molar-refractivity contribution in [2.24, 2.45) is 0 Å². The van der Waals surface area contributed by atoms with E-state index < -0.39 is 0 Å². The van der Waals surface area contributed by atoms with Crippen molar-refractivity contribution in [2.45, 2.75) is 52.6 Å². The van der Waals surface area contributed by atoms with E-state index in [1.54, 1.807) is 7.11 Å². The summed E-state index contributed by atoms with van der Waals surface area (Å²) in [6, 6.07) is 21.5. The molecule has 8 heterocycles. The standard InChI is InChI=1S/C33H42N6O4.C32H40N6O4/c1-4-30(40)37-13-15-38(16-14-37)32-27-10-12-39(31-24(2)29(41-3)22-25-8-5-6-9-26(25)31)23-28(27)34-33(35-32)43-19-7-11-36-17-20-42-21-18-36;1-3-29(40)36-12-14-37(15-13-36)31-26-9-11-38(30-23(2)28(39)21-24-7-4-5-8-25(24)30)22-27(26)33-32(34-31)42-18-6-10-35-16-19-41-20-17-35/h4-6,8-9,22H,1,7,10-21,23H2,2-3H3;3-5,7-8,21,39H,1,6,9-20,22H2,2H3. The minimum Gasteiger partial charge on any atom is -0.508 e. The van der Waals surface area contributed by atoms with Gasteiger partial charge in [-0.1, -0.05) is 61.7 Å². The molecule has 20 heteroatoms. The van der Waals surface area contributed by atoms with Crippen LogP contribution in [0.1, 0.15) is 46.5 Å². The number of morpholine rings is 2. The molecule has 1 N–H and O–H groups in total. The fourth-order valence-electron chi connectivity index (χ4n) is 12.8. The summed E-state index contributed by atoms with van der Waals surface area (Å²) in [5.41, 5.74) is 8.48. The van der Waals surface area contributed by atoms with Gasteiger partial charge in [-0.25, -0.2) is 0 Å². The number of hydrogen-bond donors (Lipinski definition) is 1. The van der Waals surface area contributed by atoms with Crippen molar-refractivity contribution in [3.05, 3.63) is 120 Å². The number of aromatic nitrogens is 4. The van der Waals surface area contributed by atoms with E-state index in [4.69, 9.17) is 43.6 Å². The molecule has 6 aromatic rings. The average molecular weight is 1160 g/mol. The Bertz CT molecular complexity index is 3350. The number of nitrogens with zero attached hydrogens (tertiary/aromatic N) is 12. The van der Waals surface area contributed by atoms with E-state index in [1.807, 2.05) is 41.0 Å². The van der Waals surface area contributed by atoms with Crippen LogP contribution in [-0.4, -0.2) is 208 Å². The molecule has 0 saturated carbocycles. The Labute approximate surface area is 499 Å². The van der Waals surface area contributed by atoms with Crippen molar-refractivity contribution < 1.29 is 38.4 Å². The molecule has 0 aliphatic carbocycles. The van der Waals surface area contributed by atoms with Gasteiger partial charge in [0.25, 0.3) is 0 Å². The zero-order valence-corrected chi connectivity index (χ0v) is 49.8. The SMILES string of the molecule is C=CC(=O)N1CCN(c2nc(OCCCN3CCOCC3)nc3c2CCN(c2c(C)c(O)cc4ccccc24)C3)CC1.C=CC(=O)N1CCN(c2nc(OCCCN3CCOCC3)nc3c2CCN(c2c(C)c(OC)cc4ccccc24)C3)CC1. The van der Waals surface area contributed by atoms with E-state index in [1.165, 1.54) is 28.8 Å². The maximum absolute atomic E-state index is 12.2. The zero-order valence-electron chi connectivity index (χ0n) is 49.8. The number of carbonyl (C=O) groups excluding carboxylic acids is 2. The number of aromatic hydroxyl groups is 1. The predicted molar refractivity (Wildman–Crippen MR) is 332 cm³/mol. The third kappa shape index (κ3) is 13.5. The van der Waals surface area contributed by atoms with E-state index in [9.17, 15) is 14.7 Å². The van der Waals surface area contributed by atoms with Gasteiger partial charge in [-0.15, -0.1) is 0 Å². The van der Waals surface area contributed by atoms with Crippen LogP contribution in [0.3, 0.4) is 0 Å². The van der Waals surface area contributed by atoms with Crippen LogP contribution in [0.15, 0.2) is 86.0 Å².